The van der Waals surface area contributed by atoms with Crippen molar-refractivity contribution >= 4 is 27.4 Å². The summed E-state index contributed by atoms with van der Waals surface area (Å²) in [5.74, 6) is 0.747. The van der Waals surface area contributed by atoms with Crippen LogP contribution in [0.3, 0.4) is 0 Å². The van der Waals surface area contributed by atoms with Crippen LogP contribution in [0.15, 0.2) is 59.5 Å². The van der Waals surface area contributed by atoms with Crippen molar-refractivity contribution in [2.45, 2.75) is 18.7 Å². The average molecular weight is 443 g/mol. The number of aryl methyl sites for hydroxylation is 2. The molecule has 1 saturated heterocycles. The zero-order chi connectivity index (χ0) is 21.3. The van der Waals surface area contributed by atoms with Gasteiger partial charge in [-0.15, -0.1) is 10.2 Å². The van der Waals surface area contributed by atoms with E-state index in [1.54, 1.807) is 10.4 Å². The summed E-state index contributed by atoms with van der Waals surface area (Å²) in [4.78, 5) is 2.45. The maximum absolute atomic E-state index is 13.1. The van der Waals surface area contributed by atoms with E-state index in [2.05, 4.69) is 15.1 Å². The molecule has 0 amide bonds. The highest BCUT2D eigenvalue weighted by Gasteiger charge is 2.30. The summed E-state index contributed by atoms with van der Waals surface area (Å²) in [5, 5.41) is 9.35. The number of hydrogen-bond donors (Lipinski definition) is 0. The molecule has 1 aliphatic rings. The molecule has 3 aromatic rings. The van der Waals surface area contributed by atoms with Crippen LogP contribution < -0.4 is 4.90 Å². The van der Waals surface area contributed by atoms with Crippen LogP contribution in [0, 0.1) is 13.8 Å². The van der Waals surface area contributed by atoms with Crippen molar-refractivity contribution in [2.24, 2.45) is 0 Å². The first-order valence-electron chi connectivity index (χ1n) is 9.76. The lowest BCUT2D eigenvalue weighted by atomic mass is 10.1. The first-order valence-corrected chi connectivity index (χ1v) is 11.6. The molecular weight excluding hydrogens is 420 g/mol. The second-order valence-electron chi connectivity index (χ2n) is 7.44. The molecule has 0 unspecified atom stereocenters. The number of aromatic nitrogens is 2. The summed E-state index contributed by atoms with van der Waals surface area (Å²) in [6, 6.07) is 16.8. The molecule has 0 bridgehead atoms. The number of nitrogens with zero attached hydrogens (tertiary/aromatic N) is 4. The predicted molar refractivity (Wildman–Crippen MR) is 119 cm³/mol. The molecule has 1 aromatic heterocycles. The molecule has 2 aromatic carbocycles. The smallest absolute Gasteiger partial charge is 0.243 e. The Hall–Kier alpha value is -2.48. The Balaban J connectivity index is 1.45. The highest BCUT2D eigenvalue weighted by atomic mass is 35.5. The fraction of sp³-hybridized carbons (Fsp3) is 0.273. The predicted octanol–water partition coefficient (Wildman–Crippen LogP) is 3.92. The number of rotatable bonds is 4. The molecule has 156 valence electrons. The third kappa shape index (κ3) is 4.19. The van der Waals surface area contributed by atoms with E-state index in [0.717, 1.165) is 28.2 Å². The maximum Gasteiger partial charge on any atom is 0.243 e. The fourth-order valence-electron chi connectivity index (χ4n) is 3.55. The lowest BCUT2D eigenvalue weighted by Crippen LogP contribution is -2.49. The number of benzene rings is 2. The number of sulfonamides is 1. The van der Waals surface area contributed by atoms with Gasteiger partial charge in [0.05, 0.1) is 10.6 Å². The molecule has 1 fully saturated rings. The van der Waals surface area contributed by atoms with Crippen LogP contribution in [0.5, 0.6) is 0 Å². The van der Waals surface area contributed by atoms with E-state index < -0.39 is 10.0 Å². The summed E-state index contributed by atoms with van der Waals surface area (Å²) in [6.07, 6.45) is 0. The molecule has 4 rings (SSSR count). The molecule has 0 radical (unpaired) electrons. The van der Waals surface area contributed by atoms with Gasteiger partial charge in [0.1, 0.15) is 0 Å². The highest BCUT2D eigenvalue weighted by Crippen LogP contribution is 2.24. The van der Waals surface area contributed by atoms with E-state index in [1.807, 2.05) is 62.4 Å². The molecule has 30 heavy (non-hydrogen) atoms. The molecule has 1 aliphatic heterocycles. The minimum atomic E-state index is -3.51. The van der Waals surface area contributed by atoms with Crippen LogP contribution in [0.2, 0.25) is 5.02 Å². The molecule has 0 spiro atoms. The first kappa shape index (κ1) is 20.8. The van der Waals surface area contributed by atoms with Gasteiger partial charge in [0, 0.05) is 36.8 Å². The third-order valence-corrected chi connectivity index (χ3v) is 7.61. The van der Waals surface area contributed by atoms with E-state index in [9.17, 15) is 8.42 Å². The molecule has 2 heterocycles. The van der Waals surface area contributed by atoms with E-state index >= 15 is 0 Å². The van der Waals surface area contributed by atoms with Crippen molar-refractivity contribution < 1.29 is 8.42 Å². The molecule has 6 nitrogen and oxygen atoms in total. The highest BCUT2D eigenvalue weighted by molar-refractivity contribution is 7.89. The zero-order valence-corrected chi connectivity index (χ0v) is 18.5. The first-order chi connectivity index (χ1) is 14.3. The van der Waals surface area contributed by atoms with Gasteiger partial charge in [-0.2, -0.15) is 4.31 Å². The summed E-state index contributed by atoms with van der Waals surface area (Å²) in [6.45, 7) is 5.70. The molecule has 0 atom stereocenters. The van der Waals surface area contributed by atoms with Crippen LogP contribution in [0.4, 0.5) is 5.82 Å². The van der Waals surface area contributed by atoms with Crippen LogP contribution in [-0.4, -0.2) is 49.1 Å². The molecule has 0 N–H and O–H groups in total. The monoisotopic (exact) mass is 442 g/mol. The van der Waals surface area contributed by atoms with Crippen molar-refractivity contribution in [3.63, 3.8) is 0 Å². The van der Waals surface area contributed by atoms with E-state index in [1.165, 1.54) is 0 Å². The Morgan fingerprint density at radius 3 is 2.20 bits per heavy atom. The Kier molecular flexibility index (Phi) is 5.77. The average Bonchev–Trinajstić information content (AvgIpc) is 2.76. The van der Waals surface area contributed by atoms with Gasteiger partial charge in [-0.1, -0.05) is 35.9 Å². The largest absolute Gasteiger partial charge is 0.352 e. The fourth-order valence-corrected chi connectivity index (χ4v) is 5.41. The number of anilines is 1. The van der Waals surface area contributed by atoms with Crippen LogP contribution in [0.1, 0.15) is 11.1 Å². The standard InChI is InChI=1S/C22H23ClN4O2S/c1-16-3-4-17(2)21(15-16)30(28,29)27-13-11-26(12-14-27)22-10-9-20(24-25-22)18-5-7-19(23)8-6-18/h3-10,15H,11-14H2,1-2H3. The van der Waals surface area contributed by atoms with Crippen LogP contribution >= 0.6 is 11.6 Å². The van der Waals surface area contributed by atoms with Gasteiger partial charge in [-0.05, 0) is 55.3 Å². The van der Waals surface area contributed by atoms with Crippen molar-refractivity contribution in [3.05, 3.63) is 70.7 Å². The van der Waals surface area contributed by atoms with E-state index in [0.29, 0.717) is 36.1 Å². The Bertz CT molecular complexity index is 1140. The summed E-state index contributed by atoms with van der Waals surface area (Å²) in [7, 11) is -3.51. The molecule has 0 aliphatic carbocycles. The summed E-state index contributed by atoms with van der Waals surface area (Å²) < 4.78 is 27.8. The number of hydrogen-bond acceptors (Lipinski definition) is 5. The number of piperazine rings is 1. The lowest BCUT2D eigenvalue weighted by molar-refractivity contribution is 0.383. The maximum atomic E-state index is 13.1. The van der Waals surface area contributed by atoms with Gasteiger partial charge in [0.25, 0.3) is 0 Å². The molecular formula is C22H23ClN4O2S. The van der Waals surface area contributed by atoms with Gasteiger partial charge in [-0.3, -0.25) is 0 Å². The quantitative estimate of drug-likeness (QED) is 0.612. The van der Waals surface area contributed by atoms with E-state index in [-0.39, 0.29) is 0 Å². The SMILES string of the molecule is Cc1ccc(C)c(S(=O)(=O)N2CCN(c3ccc(-c4ccc(Cl)cc4)nn3)CC2)c1. The summed E-state index contributed by atoms with van der Waals surface area (Å²) >= 11 is 5.94. The van der Waals surface area contributed by atoms with Crippen molar-refractivity contribution in [1.29, 1.82) is 0 Å². The van der Waals surface area contributed by atoms with Gasteiger partial charge >= 0.3 is 0 Å². The van der Waals surface area contributed by atoms with Crippen LogP contribution in [0.25, 0.3) is 11.3 Å². The van der Waals surface area contributed by atoms with Crippen molar-refractivity contribution in [2.75, 3.05) is 31.1 Å². The third-order valence-electron chi connectivity index (χ3n) is 5.31. The second-order valence-corrected chi connectivity index (χ2v) is 9.79. The Morgan fingerprint density at radius 1 is 0.867 bits per heavy atom. The second kappa shape index (κ2) is 8.34. The Labute approximate surface area is 182 Å². The van der Waals surface area contributed by atoms with Gasteiger partial charge < -0.3 is 4.90 Å². The van der Waals surface area contributed by atoms with Gasteiger partial charge in [-0.25, -0.2) is 8.42 Å². The minimum Gasteiger partial charge on any atom is -0.352 e. The van der Waals surface area contributed by atoms with E-state index in [4.69, 9.17) is 11.6 Å². The van der Waals surface area contributed by atoms with Gasteiger partial charge in [0.2, 0.25) is 10.0 Å². The van der Waals surface area contributed by atoms with Crippen LogP contribution in [-0.2, 0) is 10.0 Å². The normalized spacial score (nSPS) is 15.4. The lowest BCUT2D eigenvalue weighted by Gasteiger charge is -2.34. The Morgan fingerprint density at radius 2 is 1.57 bits per heavy atom. The minimum absolute atomic E-state index is 0.392. The number of halogens is 1. The zero-order valence-electron chi connectivity index (χ0n) is 16.9. The van der Waals surface area contributed by atoms with Gasteiger partial charge in [0.15, 0.2) is 5.82 Å². The molecule has 8 heteroatoms. The van der Waals surface area contributed by atoms with Crippen molar-refractivity contribution in [1.82, 2.24) is 14.5 Å². The molecule has 0 saturated carbocycles. The van der Waals surface area contributed by atoms with Crippen molar-refractivity contribution in [3.8, 4) is 11.3 Å². The topological polar surface area (TPSA) is 66.4 Å². The summed E-state index contributed by atoms with van der Waals surface area (Å²) in [5.41, 5.74) is 3.43.